The minimum absolute atomic E-state index is 0.180. The number of nitrogens with two attached hydrogens (primary N) is 1. The molecule has 2 aromatic rings. The molecule has 20 heavy (non-hydrogen) atoms. The van der Waals surface area contributed by atoms with Gasteiger partial charge in [0, 0.05) is 18.6 Å². The van der Waals surface area contributed by atoms with Gasteiger partial charge >= 0.3 is 0 Å². The van der Waals surface area contributed by atoms with Gasteiger partial charge in [-0.2, -0.15) is 5.10 Å². The number of rotatable bonds is 4. The van der Waals surface area contributed by atoms with Crippen molar-refractivity contribution in [3.05, 3.63) is 54.4 Å². The Labute approximate surface area is 122 Å². The van der Waals surface area contributed by atoms with E-state index in [0.29, 0.717) is 18.0 Å². The Bertz CT molecular complexity index is 599. The van der Waals surface area contributed by atoms with E-state index in [9.17, 15) is 0 Å². The molecule has 0 spiro atoms. The van der Waals surface area contributed by atoms with Gasteiger partial charge < -0.3 is 5.73 Å². The zero-order valence-electron chi connectivity index (χ0n) is 11.0. The number of hydrogen-bond acceptors (Lipinski definition) is 5. The minimum Gasteiger partial charge on any atom is -0.375 e. The normalized spacial score (nSPS) is 11.2. The van der Waals surface area contributed by atoms with Crippen molar-refractivity contribution in [3.8, 4) is 0 Å². The molecule has 2 N–H and O–H groups in total. The summed E-state index contributed by atoms with van der Waals surface area (Å²) in [5.41, 5.74) is 7.88. The first-order chi connectivity index (χ1) is 9.66. The monoisotopic (exact) mass is 286 g/mol. The Hall–Kier alpha value is -2.41. The lowest BCUT2D eigenvalue weighted by Gasteiger charge is -2.17. The molecule has 0 aromatic carbocycles. The van der Waals surface area contributed by atoms with Crippen molar-refractivity contribution in [2.75, 3.05) is 0 Å². The van der Waals surface area contributed by atoms with Crippen LogP contribution in [0.25, 0.3) is 0 Å². The second kappa shape index (κ2) is 6.67. The maximum atomic E-state index is 5.70. The standard InChI is InChI=1S/C13H14N6S/c1-10(12-8-15-6-7-17-12)18-19(13(14)20)9-11-4-2-3-5-16-11/h2-8H,9H2,1H3,(H2,14,20)/b18-10+. The fourth-order valence-corrected chi connectivity index (χ4v) is 1.63. The second-order valence-electron chi connectivity index (χ2n) is 3.99. The SMILES string of the molecule is C/C(=N\N(Cc1ccccn1)C(N)=S)c1cnccn1. The maximum Gasteiger partial charge on any atom is 0.187 e. The predicted octanol–water partition coefficient (Wildman–Crippen LogP) is 1.34. The summed E-state index contributed by atoms with van der Waals surface area (Å²) in [6, 6.07) is 5.64. The number of thiocarbonyl (C=S) groups is 1. The summed E-state index contributed by atoms with van der Waals surface area (Å²) >= 11 is 5.02. The number of aromatic nitrogens is 3. The second-order valence-corrected chi connectivity index (χ2v) is 4.41. The third kappa shape index (κ3) is 3.79. The molecule has 6 nitrogen and oxygen atoms in total. The molecule has 0 aliphatic carbocycles. The summed E-state index contributed by atoms with van der Waals surface area (Å²) in [6.45, 7) is 2.24. The van der Waals surface area contributed by atoms with Gasteiger partial charge in [-0.3, -0.25) is 15.0 Å². The Balaban J connectivity index is 2.20. The molecule has 0 atom stereocenters. The van der Waals surface area contributed by atoms with Gasteiger partial charge in [-0.05, 0) is 31.3 Å². The molecule has 0 bridgehead atoms. The van der Waals surface area contributed by atoms with Gasteiger partial charge in [-0.1, -0.05) is 6.07 Å². The summed E-state index contributed by atoms with van der Waals surface area (Å²) in [7, 11) is 0. The smallest absolute Gasteiger partial charge is 0.187 e. The van der Waals surface area contributed by atoms with Crippen LogP contribution in [0.15, 0.2) is 48.1 Å². The maximum absolute atomic E-state index is 5.70. The summed E-state index contributed by atoms with van der Waals surface area (Å²) in [5, 5.41) is 6.08. The lowest BCUT2D eigenvalue weighted by atomic mass is 10.3. The third-order valence-corrected chi connectivity index (χ3v) is 2.71. The van der Waals surface area contributed by atoms with Gasteiger partial charge in [-0.15, -0.1) is 0 Å². The van der Waals surface area contributed by atoms with Crippen LogP contribution >= 0.6 is 12.2 Å². The molecule has 2 rings (SSSR count). The first kappa shape index (κ1) is 14.0. The lowest BCUT2D eigenvalue weighted by molar-refractivity contribution is 0.436. The highest BCUT2D eigenvalue weighted by Gasteiger charge is 2.09. The Morgan fingerprint density at radius 3 is 2.75 bits per heavy atom. The van der Waals surface area contributed by atoms with Crippen LogP contribution in [0.5, 0.6) is 0 Å². The largest absolute Gasteiger partial charge is 0.375 e. The van der Waals surface area contributed by atoms with Crippen molar-refractivity contribution in [3.63, 3.8) is 0 Å². The Kier molecular flexibility index (Phi) is 4.67. The first-order valence-corrected chi connectivity index (χ1v) is 6.36. The molecule has 2 heterocycles. The molecule has 0 amide bonds. The molecule has 0 aliphatic heterocycles. The molecule has 0 saturated heterocycles. The van der Waals surface area contributed by atoms with E-state index >= 15 is 0 Å². The average molecular weight is 286 g/mol. The zero-order valence-corrected chi connectivity index (χ0v) is 11.8. The molecular weight excluding hydrogens is 272 g/mol. The van der Waals surface area contributed by atoms with E-state index in [2.05, 4.69) is 20.1 Å². The fraction of sp³-hybridized carbons (Fsp3) is 0.154. The van der Waals surface area contributed by atoms with Gasteiger partial charge in [0.15, 0.2) is 5.11 Å². The van der Waals surface area contributed by atoms with Gasteiger partial charge in [0.25, 0.3) is 0 Å². The van der Waals surface area contributed by atoms with Crippen molar-refractivity contribution >= 4 is 23.0 Å². The third-order valence-electron chi connectivity index (χ3n) is 2.50. The van der Waals surface area contributed by atoms with E-state index in [-0.39, 0.29) is 5.11 Å². The van der Waals surface area contributed by atoms with Gasteiger partial charge in [0.05, 0.1) is 24.1 Å². The number of hydrogen-bond donors (Lipinski definition) is 1. The average Bonchev–Trinajstić information content (AvgIpc) is 2.48. The van der Waals surface area contributed by atoms with Gasteiger partial charge in [0.2, 0.25) is 0 Å². The molecule has 102 valence electrons. The first-order valence-electron chi connectivity index (χ1n) is 5.95. The molecule has 0 saturated carbocycles. The van der Waals surface area contributed by atoms with E-state index in [0.717, 1.165) is 5.69 Å². The van der Waals surface area contributed by atoms with Crippen molar-refractivity contribution in [2.24, 2.45) is 10.8 Å². The highest BCUT2D eigenvalue weighted by atomic mass is 32.1. The number of hydrazone groups is 1. The number of pyridine rings is 1. The molecule has 0 aliphatic rings. The number of nitrogens with zero attached hydrogens (tertiary/aromatic N) is 5. The predicted molar refractivity (Wildman–Crippen MR) is 80.8 cm³/mol. The van der Waals surface area contributed by atoms with Crippen LogP contribution in [0.2, 0.25) is 0 Å². The van der Waals surface area contributed by atoms with Crippen LogP contribution in [0.1, 0.15) is 18.3 Å². The lowest BCUT2D eigenvalue weighted by Crippen LogP contribution is -2.31. The topological polar surface area (TPSA) is 80.3 Å². The fourth-order valence-electron chi connectivity index (χ4n) is 1.53. The van der Waals surface area contributed by atoms with Crippen LogP contribution in [0.3, 0.4) is 0 Å². The molecule has 0 fully saturated rings. The highest BCUT2D eigenvalue weighted by Crippen LogP contribution is 2.04. The van der Waals surface area contributed by atoms with Crippen molar-refractivity contribution in [2.45, 2.75) is 13.5 Å². The van der Waals surface area contributed by atoms with E-state index in [1.165, 1.54) is 5.01 Å². The van der Waals surface area contributed by atoms with Crippen LogP contribution in [0, 0.1) is 0 Å². The van der Waals surface area contributed by atoms with E-state index in [1.807, 2.05) is 25.1 Å². The molecule has 0 unspecified atom stereocenters. The van der Waals surface area contributed by atoms with Crippen molar-refractivity contribution < 1.29 is 0 Å². The summed E-state index contributed by atoms with van der Waals surface area (Å²) < 4.78 is 0. The quantitative estimate of drug-likeness (QED) is 0.519. The molecule has 2 aromatic heterocycles. The van der Waals surface area contributed by atoms with E-state index in [4.69, 9.17) is 18.0 Å². The van der Waals surface area contributed by atoms with Crippen LogP contribution in [-0.4, -0.2) is 30.8 Å². The van der Waals surface area contributed by atoms with Crippen LogP contribution in [-0.2, 0) is 6.54 Å². The summed E-state index contributed by atoms with van der Waals surface area (Å²) in [4.78, 5) is 12.4. The Morgan fingerprint density at radius 2 is 2.15 bits per heavy atom. The molecular formula is C13H14N6S. The highest BCUT2D eigenvalue weighted by molar-refractivity contribution is 7.80. The van der Waals surface area contributed by atoms with Gasteiger partial charge in [0.1, 0.15) is 5.69 Å². The molecule has 7 heteroatoms. The van der Waals surface area contributed by atoms with Crippen LogP contribution in [0.4, 0.5) is 0 Å². The molecule has 0 radical (unpaired) electrons. The van der Waals surface area contributed by atoms with E-state index < -0.39 is 0 Å². The van der Waals surface area contributed by atoms with E-state index in [1.54, 1.807) is 24.8 Å². The minimum atomic E-state index is 0.180. The summed E-state index contributed by atoms with van der Waals surface area (Å²) in [5.74, 6) is 0. The Morgan fingerprint density at radius 1 is 1.30 bits per heavy atom. The summed E-state index contributed by atoms with van der Waals surface area (Å²) in [6.07, 6.45) is 6.57. The van der Waals surface area contributed by atoms with Crippen molar-refractivity contribution in [1.82, 2.24) is 20.0 Å². The van der Waals surface area contributed by atoms with Crippen molar-refractivity contribution in [1.29, 1.82) is 0 Å². The zero-order chi connectivity index (χ0) is 14.4. The van der Waals surface area contributed by atoms with Crippen LogP contribution < -0.4 is 5.73 Å². The van der Waals surface area contributed by atoms with Gasteiger partial charge in [-0.25, -0.2) is 5.01 Å².